The van der Waals surface area contributed by atoms with E-state index in [9.17, 15) is 18.0 Å². The van der Waals surface area contributed by atoms with Crippen LogP contribution in [0.15, 0.2) is 144 Å². The summed E-state index contributed by atoms with van der Waals surface area (Å²) in [5, 5.41) is 2.97. The number of rotatable bonds is 15. The topological polar surface area (TPSA) is 105 Å². The zero-order chi connectivity index (χ0) is 35.5. The molecule has 0 aliphatic rings. The van der Waals surface area contributed by atoms with Crippen molar-refractivity contribution in [3.63, 3.8) is 0 Å². The van der Waals surface area contributed by atoms with E-state index in [4.69, 9.17) is 9.47 Å². The minimum absolute atomic E-state index is 0.0233. The minimum atomic E-state index is -4.24. The molecule has 1 N–H and O–H groups in total. The third kappa shape index (κ3) is 9.29. The van der Waals surface area contributed by atoms with Crippen molar-refractivity contribution >= 4 is 27.5 Å². The number of methoxy groups -OCH3 is 1. The van der Waals surface area contributed by atoms with E-state index in [-0.39, 0.29) is 35.5 Å². The molecule has 0 aliphatic carbocycles. The first kappa shape index (κ1) is 35.7. The summed E-state index contributed by atoms with van der Waals surface area (Å²) >= 11 is 0. The molecule has 5 rings (SSSR count). The molecule has 0 spiro atoms. The van der Waals surface area contributed by atoms with Crippen molar-refractivity contribution in [2.75, 3.05) is 18.0 Å². The summed E-state index contributed by atoms with van der Waals surface area (Å²) in [7, 11) is -2.68. The van der Waals surface area contributed by atoms with Crippen LogP contribution in [0, 0.1) is 0 Å². The Morgan fingerprint density at radius 2 is 1.26 bits per heavy atom. The van der Waals surface area contributed by atoms with E-state index >= 15 is 0 Å². The van der Waals surface area contributed by atoms with Crippen molar-refractivity contribution in [1.82, 2.24) is 10.2 Å². The average molecular weight is 692 g/mol. The van der Waals surface area contributed by atoms with Gasteiger partial charge >= 0.3 is 0 Å². The SMILES string of the molecule is COc1cccc(CN(C(=O)CN(c2ccc(Oc3ccccc3)cc2)S(=O)(=O)c2ccccc2)[C@@H](Cc2ccccc2)C(=O)NC(C)C)c1. The molecule has 0 heterocycles. The maximum atomic E-state index is 14.7. The zero-order valence-electron chi connectivity index (χ0n) is 28.3. The number of benzene rings is 5. The molecule has 1 atom stereocenters. The number of para-hydroxylation sites is 1. The summed E-state index contributed by atoms with van der Waals surface area (Å²) in [5.41, 5.74) is 1.82. The highest BCUT2D eigenvalue weighted by Gasteiger charge is 2.35. The van der Waals surface area contributed by atoms with Crippen molar-refractivity contribution in [2.45, 2.75) is 43.8 Å². The largest absolute Gasteiger partial charge is 0.497 e. The van der Waals surface area contributed by atoms with Crippen LogP contribution in [-0.4, -0.2) is 50.9 Å². The van der Waals surface area contributed by atoms with E-state index in [2.05, 4.69) is 5.32 Å². The molecule has 0 saturated carbocycles. The fourth-order valence-corrected chi connectivity index (χ4v) is 6.89. The molecule has 9 nitrogen and oxygen atoms in total. The Kier molecular flexibility index (Phi) is 11.9. The van der Waals surface area contributed by atoms with Crippen LogP contribution >= 0.6 is 0 Å². The second kappa shape index (κ2) is 16.7. The Morgan fingerprint density at radius 3 is 1.88 bits per heavy atom. The van der Waals surface area contributed by atoms with Gasteiger partial charge in [-0.05, 0) is 85.6 Å². The lowest BCUT2D eigenvalue weighted by Crippen LogP contribution is -2.54. The van der Waals surface area contributed by atoms with E-state index in [1.807, 2.05) is 86.6 Å². The summed E-state index contributed by atoms with van der Waals surface area (Å²) in [6, 6.07) is 39.2. The van der Waals surface area contributed by atoms with Crippen molar-refractivity contribution in [3.8, 4) is 17.2 Å². The summed E-state index contributed by atoms with van der Waals surface area (Å²) in [6.45, 7) is 3.17. The normalized spacial score (nSPS) is 11.8. The van der Waals surface area contributed by atoms with E-state index < -0.39 is 28.5 Å². The molecule has 0 saturated heterocycles. The van der Waals surface area contributed by atoms with E-state index in [1.54, 1.807) is 61.7 Å². The Bertz CT molecular complexity index is 1960. The quantitative estimate of drug-likeness (QED) is 0.129. The fraction of sp³-hybridized carbons (Fsp3) is 0.200. The molecular formula is C40H41N3O6S. The lowest BCUT2D eigenvalue weighted by molar-refractivity contribution is -0.140. The van der Waals surface area contributed by atoms with Crippen LogP contribution in [0.3, 0.4) is 0 Å². The third-order valence-corrected chi connectivity index (χ3v) is 9.69. The summed E-state index contributed by atoms with van der Waals surface area (Å²) < 4.78 is 41.0. The number of ether oxygens (including phenoxy) is 2. The summed E-state index contributed by atoms with van der Waals surface area (Å²) in [5.74, 6) is 0.807. The van der Waals surface area contributed by atoms with Gasteiger partial charge in [-0.3, -0.25) is 13.9 Å². The Morgan fingerprint density at radius 1 is 0.700 bits per heavy atom. The molecule has 10 heteroatoms. The first-order chi connectivity index (χ1) is 24.1. The molecule has 5 aromatic carbocycles. The number of sulfonamides is 1. The second-order valence-corrected chi connectivity index (χ2v) is 13.8. The minimum Gasteiger partial charge on any atom is -0.497 e. The maximum absolute atomic E-state index is 14.7. The van der Waals surface area contributed by atoms with Gasteiger partial charge in [0.05, 0.1) is 17.7 Å². The number of nitrogens with zero attached hydrogens (tertiary/aromatic N) is 2. The van der Waals surface area contributed by atoms with Crippen LogP contribution in [-0.2, 0) is 32.6 Å². The van der Waals surface area contributed by atoms with Gasteiger partial charge in [-0.25, -0.2) is 8.42 Å². The predicted octanol–water partition coefficient (Wildman–Crippen LogP) is 6.85. The molecule has 258 valence electrons. The molecule has 0 aromatic heterocycles. The molecular weight excluding hydrogens is 651 g/mol. The Labute approximate surface area is 294 Å². The molecule has 50 heavy (non-hydrogen) atoms. The van der Waals surface area contributed by atoms with Crippen molar-refractivity contribution in [2.24, 2.45) is 0 Å². The van der Waals surface area contributed by atoms with Gasteiger partial charge in [0.25, 0.3) is 10.0 Å². The summed E-state index contributed by atoms with van der Waals surface area (Å²) in [4.78, 5) is 30.1. The molecule has 0 aliphatic heterocycles. The number of hydrogen-bond donors (Lipinski definition) is 1. The van der Waals surface area contributed by atoms with Gasteiger partial charge in [0.2, 0.25) is 11.8 Å². The number of anilines is 1. The first-order valence-corrected chi connectivity index (χ1v) is 17.8. The third-order valence-electron chi connectivity index (χ3n) is 7.90. The van der Waals surface area contributed by atoms with Crippen LogP contribution in [0.2, 0.25) is 0 Å². The Balaban J connectivity index is 1.56. The maximum Gasteiger partial charge on any atom is 0.264 e. The molecule has 0 fully saturated rings. The lowest BCUT2D eigenvalue weighted by atomic mass is 10.0. The van der Waals surface area contributed by atoms with Gasteiger partial charge in [0, 0.05) is 19.0 Å². The monoisotopic (exact) mass is 691 g/mol. The number of nitrogens with one attached hydrogen (secondary N) is 1. The van der Waals surface area contributed by atoms with E-state index in [1.165, 1.54) is 17.0 Å². The van der Waals surface area contributed by atoms with Gasteiger partial charge in [-0.2, -0.15) is 0 Å². The molecule has 0 unspecified atom stereocenters. The van der Waals surface area contributed by atoms with Gasteiger partial charge in [0.1, 0.15) is 29.8 Å². The van der Waals surface area contributed by atoms with Crippen molar-refractivity contribution in [3.05, 3.63) is 151 Å². The highest BCUT2D eigenvalue weighted by atomic mass is 32.2. The van der Waals surface area contributed by atoms with E-state index in [0.717, 1.165) is 9.87 Å². The van der Waals surface area contributed by atoms with E-state index in [0.29, 0.717) is 22.8 Å². The number of hydrogen-bond acceptors (Lipinski definition) is 6. The van der Waals surface area contributed by atoms with Crippen molar-refractivity contribution < 1.29 is 27.5 Å². The van der Waals surface area contributed by atoms with Crippen LogP contribution in [0.25, 0.3) is 0 Å². The van der Waals surface area contributed by atoms with Crippen LogP contribution in [0.1, 0.15) is 25.0 Å². The number of carbonyl (C=O) groups is 2. The lowest BCUT2D eigenvalue weighted by Gasteiger charge is -2.34. The van der Waals surface area contributed by atoms with Crippen LogP contribution < -0.4 is 19.1 Å². The van der Waals surface area contributed by atoms with Gasteiger partial charge in [-0.1, -0.05) is 78.9 Å². The molecule has 5 aromatic rings. The highest BCUT2D eigenvalue weighted by Crippen LogP contribution is 2.29. The molecule has 0 bridgehead atoms. The smallest absolute Gasteiger partial charge is 0.264 e. The number of amides is 2. The molecule has 2 amide bonds. The zero-order valence-corrected chi connectivity index (χ0v) is 29.1. The standard InChI is InChI=1S/C40H41N3O6S/c1-30(2)41-40(45)38(27-31-14-7-4-8-15-31)42(28-32-16-13-19-36(26-32)48-3)39(44)29-43(50(46,47)37-20-11-6-12-21-37)33-22-24-35(25-23-33)49-34-17-9-5-10-18-34/h4-26,30,38H,27-29H2,1-3H3,(H,41,45)/t38-/m0/s1. The van der Waals surface area contributed by atoms with Crippen LogP contribution in [0.5, 0.6) is 17.2 Å². The average Bonchev–Trinajstić information content (AvgIpc) is 3.13. The summed E-state index contributed by atoms with van der Waals surface area (Å²) in [6.07, 6.45) is 0.214. The molecule has 0 radical (unpaired) electrons. The predicted molar refractivity (Wildman–Crippen MR) is 195 cm³/mol. The van der Waals surface area contributed by atoms with Gasteiger partial charge < -0.3 is 19.7 Å². The number of carbonyl (C=O) groups excluding carboxylic acids is 2. The highest BCUT2D eigenvalue weighted by molar-refractivity contribution is 7.92. The second-order valence-electron chi connectivity index (χ2n) is 12.0. The Hall–Kier alpha value is -5.61. The van der Waals surface area contributed by atoms with Gasteiger partial charge in [-0.15, -0.1) is 0 Å². The fourth-order valence-electron chi connectivity index (χ4n) is 5.46. The first-order valence-electron chi connectivity index (χ1n) is 16.3. The van der Waals surface area contributed by atoms with Crippen molar-refractivity contribution in [1.29, 1.82) is 0 Å². The van der Waals surface area contributed by atoms with Crippen LogP contribution in [0.4, 0.5) is 5.69 Å². The van der Waals surface area contributed by atoms with Gasteiger partial charge in [0.15, 0.2) is 0 Å².